The summed E-state index contributed by atoms with van der Waals surface area (Å²) in [6.07, 6.45) is -1.00. The van der Waals surface area contributed by atoms with E-state index in [1.165, 1.54) is 0 Å². The van der Waals surface area contributed by atoms with E-state index in [4.69, 9.17) is 70.8 Å². The number of benzene rings is 4. The Labute approximate surface area is 494 Å². The molecule has 21 heteroatoms. The van der Waals surface area contributed by atoms with Crippen LogP contribution < -0.4 is 9.47 Å². The highest BCUT2D eigenvalue weighted by Crippen LogP contribution is 2.42. The van der Waals surface area contributed by atoms with Crippen LogP contribution in [0.5, 0.6) is 12.0 Å². The summed E-state index contributed by atoms with van der Waals surface area (Å²) < 4.78 is 51.1. The van der Waals surface area contributed by atoms with Crippen molar-refractivity contribution in [3.8, 4) is 56.8 Å². The zero-order chi connectivity index (χ0) is 58.4. The zero-order valence-corrected chi connectivity index (χ0v) is 51.1. The number of aliphatic hydroxyl groups is 1. The number of ether oxygens (including phenoxy) is 7. The third-order valence-electron chi connectivity index (χ3n) is 16.1. The van der Waals surface area contributed by atoms with Crippen molar-refractivity contribution in [2.45, 2.75) is 120 Å². The van der Waals surface area contributed by atoms with Gasteiger partial charge >= 0.3 is 6.01 Å². The molecule has 0 amide bonds. The molecule has 434 valence electrons. The SMILES string of the molecule is CC(C)(C)[Si](C)(C)O[C@@H]1CO[C@H]2[C@@H]1OC[C@H]2Oc1nc2nc(-c3ccc(-c4ccc(C=O)cc4)cc3)c(Cl)cc2n1COCC[Si](C)(C)C.O=Cc1ccc(-c2ccc(-c3nc4nc(O[C@@H]5CO[C@H]6[C@@H]5OC[C@H]6O)[nH]c4cc3Cl)cc2)cc1. The fraction of sp³-hybridized carbons (Fsp3) is 0.387. The lowest BCUT2D eigenvalue weighted by Crippen LogP contribution is -2.47. The number of rotatable bonds is 17. The molecule has 0 radical (unpaired) electrons. The Balaban J connectivity index is 0.000000185. The van der Waals surface area contributed by atoms with Crippen LogP contribution in [0.2, 0.25) is 53.9 Å². The number of H-pyrrole nitrogens is 1. The molecular formula is C62H68Cl2N6O11Si2. The van der Waals surface area contributed by atoms with Crippen molar-refractivity contribution >= 4 is 74.5 Å². The van der Waals surface area contributed by atoms with Crippen LogP contribution in [0.15, 0.2) is 109 Å². The molecule has 4 fully saturated rings. The highest BCUT2D eigenvalue weighted by Gasteiger charge is 2.53. The molecule has 17 nitrogen and oxygen atoms in total. The van der Waals surface area contributed by atoms with Gasteiger partial charge in [0.25, 0.3) is 6.01 Å². The number of aliphatic hydroxyl groups excluding tert-OH is 1. The Kier molecular flexibility index (Phi) is 17.0. The number of carbonyl (C=O) groups excluding carboxylic acids is 2. The van der Waals surface area contributed by atoms with E-state index in [1.807, 2.05) is 95.6 Å². The first-order valence-electron chi connectivity index (χ1n) is 27.9. The third-order valence-corrected chi connectivity index (χ3v) is 22.9. The van der Waals surface area contributed by atoms with Crippen LogP contribution in [-0.2, 0) is 34.8 Å². The van der Waals surface area contributed by atoms with Gasteiger partial charge in [-0.25, -0.2) is 9.97 Å². The average molecular weight is 1200 g/mol. The number of imidazole rings is 2. The van der Waals surface area contributed by atoms with Gasteiger partial charge in [0.1, 0.15) is 49.8 Å². The first-order valence-corrected chi connectivity index (χ1v) is 35.3. The second-order valence-electron chi connectivity index (χ2n) is 24.2. The molecule has 4 aromatic heterocycles. The van der Waals surface area contributed by atoms with Gasteiger partial charge in [-0.05, 0) is 58.6 Å². The summed E-state index contributed by atoms with van der Waals surface area (Å²) in [7, 11) is -3.30. The zero-order valence-electron chi connectivity index (χ0n) is 47.6. The van der Waals surface area contributed by atoms with Crippen molar-refractivity contribution in [2.24, 2.45) is 0 Å². The highest BCUT2D eigenvalue weighted by molar-refractivity contribution is 6.76. The topological polar surface area (TPSA) is 200 Å². The van der Waals surface area contributed by atoms with Crippen LogP contribution in [0.1, 0.15) is 41.5 Å². The highest BCUT2D eigenvalue weighted by atomic mass is 35.5. The quantitative estimate of drug-likeness (QED) is 0.0495. The minimum Gasteiger partial charge on any atom is -0.456 e. The van der Waals surface area contributed by atoms with Crippen LogP contribution in [0.3, 0.4) is 0 Å². The number of fused-ring (bicyclic) bond motifs is 4. The summed E-state index contributed by atoms with van der Waals surface area (Å²) in [5, 5.41) is 11.0. The van der Waals surface area contributed by atoms with E-state index in [9.17, 15) is 14.7 Å². The molecular weight excluding hydrogens is 1130 g/mol. The normalized spacial score (nSPS) is 22.3. The number of pyridine rings is 2. The second-order valence-corrected chi connectivity index (χ2v) is 35.4. The van der Waals surface area contributed by atoms with E-state index >= 15 is 0 Å². The van der Waals surface area contributed by atoms with Gasteiger partial charge in [-0.2, -0.15) is 9.97 Å². The maximum absolute atomic E-state index is 11.1. The summed E-state index contributed by atoms with van der Waals surface area (Å²) in [6.45, 7) is 20.5. The van der Waals surface area contributed by atoms with Gasteiger partial charge in [0.05, 0.1) is 65.0 Å². The number of halogens is 2. The van der Waals surface area contributed by atoms with E-state index in [2.05, 4.69) is 68.5 Å². The van der Waals surface area contributed by atoms with Gasteiger partial charge in [-0.15, -0.1) is 0 Å². The monoisotopic (exact) mass is 1200 g/mol. The molecule has 4 aliphatic heterocycles. The van der Waals surface area contributed by atoms with Crippen LogP contribution in [0.25, 0.3) is 67.1 Å². The molecule has 2 N–H and O–H groups in total. The molecule has 4 aromatic carbocycles. The lowest BCUT2D eigenvalue weighted by atomic mass is 10.0. The molecule has 12 rings (SSSR count). The van der Waals surface area contributed by atoms with Gasteiger partial charge in [-0.3, -0.25) is 14.2 Å². The molecule has 4 aliphatic rings. The molecule has 8 heterocycles. The smallest absolute Gasteiger partial charge is 0.301 e. The van der Waals surface area contributed by atoms with Crippen LogP contribution >= 0.6 is 23.2 Å². The number of nitrogens with zero attached hydrogens (tertiary/aromatic N) is 5. The third kappa shape index (κ3) is 12.8. The standard InChI is InChI=1S/C37H48ClN3O6Si2.C25H20ClN3O5/c1-37(2,3)49(7,8)47-31-22-45-33-30(21-44-34(31)33)46-36-40-35-29(41(36)23-43-17-18-48(4,5)6)19-28(38)32(39-35)27-15-13-26(14-16-27)25-11-9-24(20-42)10-12-25;26-17-9-18-24(29-25(27-18)34-20-12-33-22-19(31)11-32-23(20)22)28-21(17)16-7-5-15(6-8-16)14-3-1-13(10-30)2-4-14/h9-16,19-20,30-31,33-34H,17-18,21-23H2,1-8H3;1-10,19-20,22-23,31H,11-12H2,(H,27,28,29)/t30-,31-,33-,34-;19-,20-,22-,23-/m11/s1. The Hall–Kier alpha value is -6.21. The minimum absolute atomic E-state index is 0.0826. The first kappa shape index (κ1) is 58.6. The van der Waals surface area contributed by atoms with Crippen LogP contribution in [-0.4, -0.2) is 145 Å². The van der Waals surface area contributed by atoms with Gasteiger partial charge in [0.2, 0.25) is 0 Å². The minimum atomic E-state index is -2.02. The summed E-state index contributed by atoms with van der Waals surface area (Å²) in [5.74, 6) is 0. The van der Waals surface area contributed by atoms with E-state index in [1.54, 1.807) is 18.2 Å². The number of carbonyl (C=O) groups is 2. The summed E-state index contributed by atoms with van der Waals surface area (Å²) in [5.41, 5.74) is 10.7. The summed E-state index contributed by atoms with van der Waals surface area (Å²) >= 11 is 13.5. The lowest BCUT2D eigenvalue weighted by molar-refractivity contribution is 0.00691. The van der Waals surface area contributed by atoms with E-state index in [-0.39, 0.29) is 61.1 Å². The maximum atomic E-state index is 11.1. The molecule has 0 bridgehead atoms. The second kappa shape index (κ2) is 24.0. The molecule has 0 saturated carbocycles. The van der Waals surface area contributed by atoms with Gasteiger partial charge in [-0.1, -0.05) is 161 Å². The number of nitrogens with one attached hydrogen (secondary N) is 1. The number of aromatic amines is 1. The summed E-state index contributed by atoms with van der Waals surface area (Å²) in [6, 6.07) is 36.2. The molecule has 0 unspecified atom stereocenters. The predicted molar refractivity (Wildman–Crippen MR) is 324 cm³/mol. The van der Waals surface area contributed by atoms with Crippen molar-refractivity contribution in [1.82, 2.24) is 29.5 Å². The summed E-state index contributed by atoms with van der Waals surface area (Å²) in [4.78, 5) is 43.9. The molecule has 0 aliphatic carbocycles. The van der Waals surface area contributed by atoms with E-state index < -0.39 is 22.5 Å². The molecule has 4 saturated heterocycles. The first-order chi connectivity index (χ1) is 39.7. The van der Waals surface area contributed by atoms with Crippen LogP contribution in [0.4, 0.5) is 0 Å². The van der Waals surface area contributed by atoms with E-state index in [0.717, 1.165) is 57.5 Å². The Morgan fingerprint density at radius 3 is 1.64 bits per heavy atom. The largest absolute Gasteiger partial charge is 0.456 e. The fourth-order valence-electron chi connectivity index (χ4n) is 10.3. The number of aldehydes is 2. The van der Waals surface area contributed by atoms with Gasteiger partial charge in [0.15, 0.2) is 31.8 Å². The Morgan fingerprint density at radius 1 is 0.614 bits per heavy atom. The number of aromatic nitrogens is 6. The van der Waals surface area contributed by atoms with Gasteiger partial charge < -0.3 is 47.7 Å². The molecule has 0 spiro atoms. The van der Waals surface area contributed by atoms with Crippen molar-refractivity contribution < 1.29 is 52.3 Å². The molecule has 83 heavy (non-hydrogen) atoms. The van der Waals surface area contributed by atoms with Crippen molar-refractivity contribution in [2.75, 3.05) is 33.0 Å². The number of hydrogen-bond donors (Lipinski definition) is 2. The number of hydrogen-bond acceptors (Lipinski definition) is 15. The fourth-order valence-corrected chi connectivity index (χ4v) is 12.9. The van der Waals surface area contributed by atoms with Crippen molar-refractivity contribution in [1.29, 1.82) is 0 Å². The molecule has 8 aromatic rings. The Bertz CT molecular complexity index is 3610. The average Bonchev–Trinajstić information content (AvgIpc) is 3.96. The van der Waals surface area contributed by atoms with Crippen LogP contribution in [0, 0.1) is 0 Å². The lowest BCUT2D eigenvalue weighted by Gasteiger charge is -2.39. The maximum Gasteiger partial charge on any atom is 0.301 e. The van der Waals surface area contributed by atoms with E-state index in [0.29, 0.717) is 87.8 Å². The van der Waals surface area contributed by atoms with Crippen molar-refractivity contribution in [3.63, 3.8) is 0 Å². The Morgan fingerprint density at radius 2 is 1.08 bits per heavy atom. The molecule has 8 atom stereocenters. The van der Waals surface area contributed by atoms with Crippen molar-refractivity contribution in [3.05, 3.63) is 130 Å². The predicted octanol–water partition coefficient (Wildman–Crippen LogP) is 12.1. The van der Waals surface area contributed by atoms with Gasteiger partial charge in [0, 0.05) is 36.9 Å².